The molecule has 3 aliphatic heterocycles. The maximum absolute atomic E-state index is 5.76. The third-order valence-electron chi connectivity index (χ3n) is 2.72. The lowest BCUT2D eigenvalue weighted by Crippen LogP contribution is -2.33. The van der Waals surface area contributed by atoms with Gasteiger partial charge < -0.3 is 18.9 Å². The topological polar surface area (TPSA) is 40.2 Å². The first kappa shape index (κ1) is 8.17. The minimum atomic E-state index is -0.452. The average Bonchev–Trinajstić information content (AvgIpc) is 2.72. The largest absolute Gasteiger partial charge is 0.370 e. The number of hydrogen-bond acceptors (Lipinski definition) is 4. The third-order valence-corrected chi connectivity index (χ3v) is 2.72. The van der Waals surface area contributed by atoms with Crippen molar-refractivity contribution >= 4 is 0 Å². The molecule has 0 radical (unpaired) electrons. The molecule has 0 spiro atoms. The molecule has 0 saturated carbocycles. The normalized spacial score (nSPS) is 52.2. The third kappa shape index (κ3) is 1.29. The zero-order valence-corrected chi connectivity index (χ0v) is 7.86. The van der Waals surface area contributed by atoms with Gasteiger partial charge in [-0.05, 0) is 13.8 Å². The molecular formula is C9H14O4. The fraction of sp³-hybridized carbons (Fsp3) is 1.00. The fourth-order valence-electron chi connectivity index (χ4n) is 2.14. The summed E-state index contributed by atoms with van der Waals surface area (Å²) in [6, 6.07) is 0. The minimum absolute atomic E-state index is 0.0718. The van der Waals surface area contributed by atoms with Gasteiger partial charge in [-0.3, -0.25) is 0 Å². The summed E-state index contributed by atoms with van der Waals surface area (Å²) in [6.45, 7) is 5.32. The van der Waals surface area contributed by atoms with E-state index in [0.29, 0.717) is 6.61 Å². The molecule has 4 nitrogen and oxygen atoms in total. The van der Waals surface area contributed by atoms with Crippen LogP contribution in [-0.4, -0.2) is 43.4 Å². The fourth-order valence-corrected chi connectivity index (χ4v) is 2.14. The second kappa shape index (κ2) is 2.45. The summed E-state index contributed by atoms with van der Waals surface area (Å²) < 4.78 is 22.2. The Morgan fingerprint density at radius 3 is 2.38 bits per heavy atom. The van der Waals surface area contributed by atoms with E-state index in [1.54, 1.807) is 0 Å². The lowest BCUT2D eigenvalue weighted by Gasteiger charge is -2.20. The van der Waals surface area contributed by atoms with Crippen molar-refractivity contribution in [3.8, 4) is 0 Å². The Labute approximate surface area is 77.1 Å². The molecule has 0 N–H and O–H groups in total. The molecule has 0 amide bonds. The van der Waals surface area contributed by atoms with Crippen molar-refractivity contribution in [3.05, 3.63) is 0 Å². The van der Waals surface area contributed by atoms with Crippen molar-refractivity contribution in [2.24, 2.45) is 0 Å². The molecular weight excluding hydrogens is 172 g/mol. The van der Waals surface area contributed by atoms with Crippen molar-refractivity contribution in [1.29, 1.82) is 0 Å². The standard InChI is InChI=1S/C9H14O4/c1-9(2)12-6-4-11-7(5-3-10-5)8(6)13-9/h5-8H,3-4H2,1-2H3/t5-,6+,7?,8+/m0/s1. The van der Waals surface area contributed by atoms with E-state index < -0.39 is 5.79 Å². The molecule has 4 heteroatoms. The van der Waals surface area contributed by atoms with Crippen LogP contribution in [0.5, 0.6) is 0 Å². The SMILES string of the molecule is CC1(C)O[C@@H]2COC([C@@H]3CO3)[C@@H]2O1. The average molecular weight is 186 g/mol. The highest BCUT2D eigenvalue weighted by molar-refractivity contribution is 4.98. The van der Waals surface area contributed by atoms with Crippen molar-refractivity contribution in [2.45, 2.75) is 44.1 Å². The van der Waals surface area contributed by atoms with Crippen LogP contribution in [-0.2, 0) is 18.9 Å². The molecule has 0 aromatic rings. The van der Waals surface area contributed by atoms with Gasteiger partial charge in [0.1, 0.15) is 24.4 Å². The Kier molecular flexibility index (Phi) is 1.54. The zero-order chi connectivity index (χ0) is 9.05. The number of rotatable bonds is 1. The van der Waals surface area contributed by atoms with Crippen LogP contribution in [0.25, 0.3) is 0 Å². The summed E-state index contributed by atoms with van der Waals surface area (Å²) in [7, 11) is 0. The van der Waals surface area contributed by atoms with Crippen molar-refractivity contribution in [1.82, 2.24) is 0 Å². The van der Waals surface area contributed by atoms with E-state index in [2.05, 4.69) is 0 Å². The maximum Gasteiger partial charge on any atom is 0.164 e. The van der Waals surface area contributed by atoms with E-state index in [4.69, 9.17) is 18.9 Å². The summed E-state index contributed by atoms with van der Waals surface area (Å²) in [4.78, 5) is 0. The molecule has 3 fully saturated rings. The summed E-state index contributed by atoms with van der Waals surface area (Å²) >= 11 is 0. The summed E-state index contributed by atoms with van der Waals surface area (Å²) in [5, 5.41) is 0. The Morgan fingerprint density at radius 1 is 0.923 bits per heavy atom. The monoisotopic (exact) mass is 186 g/mol. The molecule has 0 bridgehead atoms. The Morgan fingerprint density at radius 2 is 1.69 bits per heavy atom. The first-order valence-electron chi connectivity index (χ1n) is 4.74. The quantitative estimate of drug-likeness (QED) is 0.552. The van der Waals surface area contributed by atoms with Gasteiger partial charge in [0.2, 0.25) is 0 Å². The molecule has 1 unspecified atom stereocenters. The second-order valence-corrected chi connectivity index (χ2v) is 4.31. The first-order valence-corrected chi connectivity index (χ1v) is 4.74. The summed E-state index contributed by atoms with van der Waals surface area (Å²) in [5.74, 6) is -0.452. The van der Waals surface area contributed by atoms with Gasteiger partial charge in [0, 0.05) is 0 Å². The molecule has 0 aromatic heterocycles. The summed E-state index contributed by atoms with van der Waals surface area (Å²) in [5.41, 5.74) is 0. The highest BCUT2D eigenvalue weighted by Gasteiger charge is 2.55. The van der Waals surface area contributed by atoms with Gasteiger partial charge in [-0.1, -0.05) is 0 Å². The molecule has 3 saturated heterocycles. The Bertz CT molecular complexity index is 224. The van der Waals surface area contributed by atoms with E-state index >= 15 is 0 Å². The van der Waals surface area contributed by atoms with Gasteiger partial charge in [0.05, 0.1) is 13.2 Å². The zero-order valence-electron chi connectivity index (χ0n) is 7.86. The molecule has 3 rings (SSSR count). The molecule has 3 heterocycles. The van der Waals surface area contributed by atoms with Gasteiger partial charge >= 0.3 is 0 Å². The van der Waals surface area contributed by atoms with Gasteiger partial charge in [-0.2, -0.15) is 0 Å². The van der Waals surface area contributed by atoms with Crippen LogP contribution >= 0.6 is 0 Å². The minimum Gasteiger partial charge on any atom is -0.370 e. The Balaban J connectivity index is 1.76. The first-order chi connectivity index (χ1) is 6.16. The van der Waals surface area contributed by atoms with Gasteiger partial charge in [0.25, 0.3) is 0 Å². The predicted octanol–water partition coefficient (Wildman–Crippen LogP) is 0.304. The van der Waals surface area contributed by atoms with Crippen LogP contribution in [0.3, 0.4) is 0 Å². The predicted molar refractivity (Wildman–Crippen MR) is 43.3 cm³/mol. The number of ether oxygens (including phenoxy) is 4. The van der Waals surface area contributed by atoms with Gasteiger partial charge in [0.15, 0.2) is 5.79 Å². The number of hydrogen-bond donors (Lipinski definition) is 0. The molecule has 3 aliphatic rings. The van der Waals surface area contributed by atoms with Crippen molar-refractivity contribution < 1.29 is 18.9 Å². The van der Waals surface area contributed by atoms with Gasteiger partial charge in [-0.15, -0.1) is 0 Å². The Hall–Kier alpha value is -0.160. The molecule has 74 valence electrons. The molecule has 4 atom stereocenters. The van der Waals surface area contributed by atoms with Crippen LogP contribution in [0, 0.1) is 0 Å². The second-order valence-electron chi connectivity index (χ2n) is 4.31. The van der Waals surface area contributed by atoms with E-state index in [1.807, 2.05) is 13.8 Å². The molecule has 0 aliphatic carbocycles. The number of fused-ring (bicyclic) bond motifs is 1. The molecule has 0 aromatic carbocycles. The van der Waals surface area contributed by atoms with E-state index in [1.165, 1.54) is 0 Å². The van der Waals surface area contributed by atoms with Crippen molar-refractivity contribution in [3.63, 3.8) is 0 Å². The summed E-state index contributed by atoms with van der Waals surface area (Å²) in [6.07, 6.45) is 0.506. The van der Waals surface area contributed by atoms with Crippen LogP contribution in [0.4, 0.5) is 0 Å². The van der Waals surface area contributed by atoms with E-state index in [9.17, 15) is 0 Å². The maximum atomic E-state index is 5.76. The van der Waals surface area contributed by atoms with Crippen LogP contribution < -0.4 is 0 Å². The van der Waals surface area contributed by atoms with E-state index in [0.717, 1.165) is 6.61 Å². The van der Waals surface area contributed by atoms with E-state index in [-0.39, 0.29) is 24.4 Å². The highest BCUT2D eigenvalue weighted by Crippen LogP contribution is 2.38. The highest BCUT2D eigenvalue weighted by atomic mass is 16.8. The smallest absolute Gasteiger partial charge is 0.164 e. The molecule has 13 heavy (non-hydrogen) atoms. The lowest BCUT2D eigenvalue weighted by atomic mass is 10.1. The van der Waals surface area contributed by atoms with Crippen molar-refractivity contribution in [2.75, 3.05) is 13.2 Å². The van der Waals surface area contributed by atoms with Crippen LogP contribution in [0.1, 0.15) is 13.8 Å². The lowest BCUT2D eigenvalue weighted by molar-refractivity contribution is -0.176. The number of epoxide rings is 1. The van der Waals surface area contributed by atoms with Crippen LogP contribution in [0.2, 0.25) is 0 Å². The van der Waals surface area contributed by atoms with Crippen LogP contribution in [0.15, 0.2) is 0 Å². The van der Waals surface area contributed by atoms with Gasteiger partial charge in [-0.25, -0.2) is 0 Å².